The number of carbonyl (C=O) groups excluding carboxylic acids is 2. The zero-order valence-electron chi connectivity index (χ0n) is 6.66. The Kier molecular flexibility index (Phi) is 9.83. The van der Waals surface area contributed by atoms with Gasteiger partial charge in [-0.05, 0) is 13.8 Å². The average molecular weight is 324 g/mol. The quantitative estimate of drug-likeness (QED) is 0.543. The Balaban J connectivity index is 0. The molecule has 0 unspecified atom stereocenters. The molecule has 0 aromatic rings. The van der Waals surface area contributed by atoms with Crippen molar-refractivity contribution >= 4 is 11.6 Å². The van der Waals surface area contributed by atoms with Crippen molar-refractivity contribution in [1.82, 2.24) is 0 Å². The molecule has 0 amide bonds. The fourth-order valence-electron chi connectivity index (χ4n) is 0.471. The van der Waals surface area contributed by atoms with Crippen LogP contribution in [-0.2, 0) is 36.7 Å². The van der Waals surface area contributed by atoms with E-state index in [-0.39, 0.29) is 40.6 Å². The monoisotopic (exact) mass is 324 g/mol. The Bertz CT molecular complexity index is 134. The summed E-state index contributed by atoms with van der Waals surface area (Å²) in [5, 5.41) is 0. The molecule has 0 aromatic carbocycles. The van der Waals surface area contributed by atoms with Gasteiger partial charge in [0.15, 0.2) is 0 Å². The van der Waals surface area contributed by atoms with Crippen molar-refractivity contribution in [3.8, 4) is 0 Å². The summed E-state index contributed by atoms with van der Waals surface area (Å²) in [6, 6.07) is 0. The van der Waals surface area contributed by atoms with E-state index in [2.05, 4.69) is 0 Å². The molecule has 11 heavy (non-hydrogen) atoms. The molecule has 1 radical (unpaired) electrons. The van der Waals surface area contributed by atoms with Gasteiger partial charge < -0.3 is 14.3 Å². The van der Waals surface area contributed by atoms with Crippen LogP contribution in [0.4, 0.5) is 0 Å². The summed E-state index contributed by atoms with van der Waals surface area (Å²) in [5.74, 6) is -0.501. The normalized spacial score (nSPS) is 8.18. The molecular weight excluding hydrogens is 313 g/mol. The van der Waals surface area contributed by atoms with Gasteiger partial charge in [-0.25, -0.2) is 0 Å². The van der Waals surface area contributed by atoms with Gasteiger partial charge in [0.2, 0.25) is 0 Å². The smallest absolute Gasteiger partial charge is 0.0769 e. The van der Waals surface area contributed by atoms with Crippen molar-refractivity contribution in [2.24, 2.45) is 0 Å². The third kappa shape index (κ3) is 9.91. The van der Waals surface area contributed by atoms with Crippen LogP contribution in [0.3, 0.4) is 0 Å². The van der Waals surface area contributed by atoms with Crippen LogP contribution in [0.1, 0.15) is 13.8 Å². The third-order valence-corrected chi connectivity index (χ3v) is 0.813. The molecule has 0 heterocycles. The minimum Gasteiger partial charge on any atom is -0.377 e. The van der Waals surface area contributed by atoms with Gasteiger partial charge >= 0.3 is 0 Å². The van der Waals surface area contributed by atoms with E-state index in [0.29, 0.717) is 6.61 Å². The van der Waals surface area contributed by atoms with Crippen LogP contribution in [0, 0.1) is 6.42 Å². The van der Waals surface area contributed by atoms with E-state index < -0.39 is 0 Å². The van der Waals surface area contributed by atoms with Gasteiger partial charge in [-0.15, -0.1) is 0 Å². The molecule has 0 bridgehead atoms. The van der Waals surface area contributed by atoms with Crippen molar-refractivity contribution in [1.29, 1.82) is 0 Å². The Hall–Kier alpha value is -0.0897. The van der Waals surface area contributed by atoms with E-state index >= 15 is 0 Å². The molecule has 0 aliphatic carbocycles. The topological polar surface area (TPSA) is 43.4 Å². The number of rotatable bonds is 5. The summed E-state index contributed by atoms with van der Waals surface area (Å²) in [6.07, 6.45) is 1.04. The van der Waals surface area contributed by atoms with Crippen molar-refractivity contribution in [2.45, 2.75) is 13.8 Å². The zero-order valence-corrected chi connectivity index (χ0v) is 9.88. The minimum absolute atomic E-state index is 0. The Morgan fingerprint density at radius 2 is 2.00 bits per heavy atom. The molecular formula is C7H11O3Ta-. The van der Waals surface area contributed by atoms with Gasteiger partial charge in [-0.2, -0.15) is 0 Å². The average Bonchev–Trinajstić information content (AvgIpc) is 1.82. The number of carbonyl (C=O) groups is 2. The summed E-state index contributed by atoms with van der Waals surface area (Å²) in [7, 11) is 0. The first-order chi connectivity index (χ1) is 4.66. The first kappa shape index (κ1) is 13.5. The molecule has 0 fully saturated rings. The van der Waals surface area contributed by atoms with E-state index in [0.717, 1.165) is 6.42 Å². The standard InChI is InChI=1S/C7H11O3.Ta/c1-3-10-5-7(9)4-6(2)8;/h4H,3,5H2,1-2H3;/q-1;. The zero-order chi connectivity index (χ0) is 7.98. The van der Waals surface area contributed by atoms with Crippen LogP contribution in [0.15, 0.2) is 0 Å². The molecule has 0 aliphatic rings. The molecule has 0 aliphatic heterocycles. The SMILES string of the molecule is CCOCC(=O)[CH-]C(C)=O.[Ta]. The molecule has 0 atom stereocenters. The minimum atomic E-state index is -0.269. The first-order valence-electron chi connectivity index (χ1n) is 3.12. The van der Waals surface area contributed by atoms with Crippen LogP contribution >= 0.6 is 0 Å². The van der Waals surface area contributed by atoms with Gasteiger partial charge in [0.25, 0.3) is 0 Å². The third-order valence-electron chi connectivity index (χ3n) is 0.813. The Morgan fingerprint density at radius 1 is 1.45 bits per heavy atom. The van der Waals surface area contributed by atoms with E-state index in [4.69, 9.17) is 4.74 Å². The summed E-state index contributed by atoms with van der Waals surface area (Å²) >= 11 is 0. The van der Waals surface area contributed by atoms with Crippen molar-refractivity contribution in [3.05, 3.63) is 6.42 Å². The molecule has 0 rings (SSSR count). The number of ether oxygens (including phenoxy) is 1. The molecule has 0 spiro atoms. The van der Waals surface area contributed by atoms with E-state index in [1.165, 1.54) is 6.92 Å². The second kappa shape index (κ2) is 8.01. The van der Waals surface area contributed by atoms with Gasteiger partial charge in [0.1, 0.15) is 0 Å². The number of Topliss-reactive ketones (excluding diaryl/α,β-unsaturated/α-hetero) is 2. The first-order valence-corrected chi connectivity index (χ1v) is 3.12. The number of hydrogen-bond acceptors (Lipinski definition) is 3. The summed E-state index contributed by atoms with van der Waals surface area (Å²) in [4.78, 5) is 20.9. The van der Waals surface area contributed by atoms with Crippen molar-refractivity contribution in [2.75, 3.05) is 13.2 Å². The molecule has 0 N–H and O–H groups in total. The molecule has 0 saturated carbocycles. The van der Waals surface area contributed by atoms with Crippen LogP contribution in [0.2, 0.25) is 0 Å². The van der Waals surface area contributed by atoms with Crippen molar-refractivity contribution in [3.63, 3.8) is 0 Å². The molecule has 3 nitrogen and oxygen atoms in total. The van der Waals surface area contributed by atoms with Gasteiger partial charge in [0.05, 0.1) is 6.61 Å². The van der Waals surface area contributed by atoms with Gasteiger partial charge in [-0.1, -0.05) is 0 Å². The Morgan fingerprint density at radius 3 is 2.36 bits per heavy atom. The van der Waals surface area contributed by atoms with Crippen LogP contribution < -0.4 is 0 Å². The molecule has 63 valence electrons. The maximum absolute atomic E-state index is 10.6. The van der Waals surface area contributed by atoms with Crippen LogP contribution in [0.25, 0.3) is 0 Å². The van der Waals surface area contributed by atoms with Crippen LogP contribution in [-0.4, -0.2) is 24.8 Å². The predicted molar refractivity (Wildman–Crippen MR) is 36.5 cm³/mol. The Labute approximate surface area is 82.0 Å². The summed E-state index contributed by atoms with van der Waals surface area (Å²) in [6.45, 7) is 3.64. The van der Waals surface area contributed by atoms with Gasteiger partial charge in [0, 0.05) is 40.6 Å². The fourth-order valence-corrected chi connectivity index (χ4v) is 0.471. The number of ketones is 2. The summed E-state index contributed by atoms with van der Waals surface area (Å²) in [5.41, 5.74) is 0. The van der Waals surface area contributed by atoms with Crippen molar-refractivity contribution < 1.29 is 36.7 Å². The number of hydrogen-bond donors (Lipinski definition) is 0. The molecule has 0 aromatic heterocycles. The van der Waals surface area contributed by atoms with E-state index in [1.807, 2.05) is 0 Å². The second-order valence-corrected chi connectivity index (χ2v) is 1.86. The largest absolute Gasteiger partial charge is 0.377 e. The molecule has 4 heteroatoms. The molecule has 0 saturated heterocycles. The van der Waals surface area contributed by atoms with E-state index in [1.54, 1.807) is 6.92 Å². The summed E-state index contributed by atoms with van der Waals surface area (Å²) < 4.78 is 4.76. The van der Waals surface area contributed by atoms with Crippen LogP contribution in [0.5, 0.6) is 0 Å². The second-order valence-electron chi connectivity index (χ2n) is 1.86. The maximum atomic E-state index is 10.6. The fraction of sp³-hybridized carbons (Fsp3) is 0.571. The van der Waals surface area contributed by atoms with Gasteiger partial charge in [-0.3, -0.25) is 6.42 Å². The van der Waals surface area contributed by atoms with E-state index in [9.17, 15) is 9.59 Å². The maximum Gasteiger partial charge on any atom is 0.0769 e. The predicted octanol–water partition coefficient (Wildman–Crippen LogP) is 0.383.